The van der Waals surface area contributed by atoms with Crippen molar-refractivity contribution < 1.29 is 14.3 Å². The number of rotatable bonds is 7. The number of carbonyl (C=O) groups is 1. The summed E-state index contributed by atoms with van der Waals surface area (Å²) in [6, 6.07) is 15.6. The topological polar surface area (TPSA) is 64.8 Å². The molecule has 0 saturated heterocycles. The van der Waals surface area contributed by atoms with Gasteiger partial charge in [-0.2, -0.15) is 0 Å². The highest BCUT2D eigenvalue weighted by Gasteiger charge is 2.22. The number of benzene rings is 2. The molecule has 136 valence electrons. The number of methoxy groups -OCH3 is 1. The minimum absolute atomic E-state index is 0.0178. The predicted octanol–water partition coefficient (Wildman–Crippen LogP) is 2.85. The summed E-state index contributed by atoms with van der Waals surface area (Å²) >= 11 is 0. The second-order valence-electron chi connectivity index (χ2n) is 6.22. The van der Waals surface area contributed by atoms with E-state index < -0.39 is 0 Å². The molecule has 2 aromatic rings. The van der Waals surface area contributed by atoms with Gasteiger partial charge in [0.1, 0.15) is 18.1 Å². The Bertz CT molecular complexity index is 787. The van der Waals surface area contributed by atoms with E-state index in [2.05, 4.69) is 0 Å². The van der Waals surface area contributed by atoms with Crippen molar-refractivity contribution >= 4 is 12.0 Å². The molecule has 0 spiro atoms. The molecule has 0 saturated carbocycles. The van der Waals surface area contributed by atoms with Crippen LogP contribution in [0, 0.1) is 0 Å². The van der Waals surface area contributed by atoms with Crippen molar-refractivity contribution in [1.82, 2.24) is 4.90 Å². The van der Waals surface area contributed by atoms with Crippen LogP contribution in [0.5, 0.6) is 11.5 Å². The normalized spacial score (nSPS) is 12.6. The lowest BCUT2D eigenvalue weighted by Gasteiger charge is -2.26. The molecule has 0 aromatic heterocycles. The van der Waals surface area contributed by atoms with E-state index in [9.17, 15) is 4.79 Å². The van der Waals surface area contributed by atoms with Gasteiger partial charge in [-0.3, -0.25) is 4.79 Å². The highest BCUT2D eigenvalue weighted by atomic mass is 16.5. The van der Waals surface area contributed by atoms with E-state index in [4.69, 9.17) is 15.2 Å². The predicted molar refractivity (Wildman–Crippen MR) is 102 cm³/mol. The monoisotopic (exact) mass is 352 g/mol. The smallest absolute Gasteiger partial charge is 0.253 e. The van der Waals surface area contributed by atoms with Crippen molar-refractivity contribution in [2.75, 3.05) is 26.8 Å². The van der Waals surface area contributed by atoms with Crippen molar-refractivity contribution in [3.8, 4) is 11.5 Å². The standard InChI is InChI=1S/C21H24N2O3/c1-25-19-8-9-20-17(13-19)12-18(15-26-20)21(24)23(11-5-10-22)14-16-6-3-2-4-7-16/h2-4,6-9,12-13H,5,10-11,14-15,22H2,1H3. The Kier molecular flexibility index (Phi) is 5.92. The summed E-state index contributed by atoms with van der Waals surface area (Å²) in [4.78, 5) is 14.9. The van der Waals surface area contributed by atoms with Crippen molar-refractivity contribution in [1.29, 1.82) is 0 Å². The minimum atomic E-state index is -0.0178. The summed E-state index contributed by atoms with van der Waals surface area (Å²) in [6.07, 6.45) is 2.65. The molecule has 26 heavy (non-hydrogen) atoms. The summed E-state index contributed by atoms with van der Waals surface area (Å²) in [5.74, 6) is 1.48. The van der Waals surface area contributed by atoms with Crippen LogP contribution in [0.25, 0.3) is 6.08 Å². The fraction of sp³-hybridized carbons (Fsp3) is 0.286. The molecule has 1 aliphatic rings. The van der Waals surface area contributed by atoms with E-state index >= 15 is 0 Å². The highest BCUT2D eigenvalue weighted by Crippen LogP contribution is 2.30. The van der Waals surface area contributed by atoms with Gasteiger partial charge in [0.05, 0.1) is 12.7 Å². The third kappa shape index (κ3) is 4.24. The number of nitrogens with zero attached hydrogens (tertiary/aromatic N) is 1. The van der Waals surface area contributed by atoms with Gasteiger partial charge >= 0.3 is 0 Å². The molecule has 1 heterocycles. The lowest BCUT2D eigenvalue weighted by Crippen LogP contribution is -2.35. The molecule has 2 aromatic carbocycles. The van der Waals surface area contributed by atoms with Crippen LogP contribution in [0.4, 0.5) is 0 Å². The maximum absolute atomic E-state index is 13.1. The Balaban J connectivity index is 1.82. The molecule has 0 fully saturated rings. The van der Waals surface area contributed by atoms with Gasteiger partial charge in [0.25, 0.3) is 5.91 Å². The van der Waals surface area contributed by atoms with Gasteiger partial charge in [-0.1, -0.05) is 30.3 Å². The maximum Gasteiger partial charge on any atom is 0.253 e. The molecular formula is C21H24N2O3. The lowest BCUT2D eigenvalue weighted by molar-refractivity contribution is -0.128. The fourth-order valence-corrected chi connectivity index (χ4v) is 2.95. The lowest BCUT2D eigenvalue weighted by atomic mass is 10.1. The molecule has 0 atom stereocenters. The SMILES string of the molecule is COc1ccc2c(c1)C=C(C(=O)N(CCCN)Cc1ccccc1)CO2. The second kappa shape index (κ2) is 8.54. The van der Waals surface area contributed by atoms with Gasteiger partial charge in [-0.25, -0.2) is 0 Å². The highest BCUT2D eigenvalue weighted by molar-refractivity contribution is 5.99. The Morgan fingerprint density at radius 1 is 1.23 bits per heavy atom. The van der Waals surface area contributed by atoms with Crippen molar-refractivity contribution in [2.24, 2.45) is 5.73 Å². The van der Waals surface area contributed by atoms with Gasteiger partial charge < -0.3 is 20.1 Å². The first kappa shape index (κ1) is 18.0. The molecule has 5 heteroatoms. The van der Waals surface area contributed by atoms with Crippen molar-refractivity contribution in [3.63, 3.8) is 0 Å². The first-order chi connectivity index (χ1) is 12.7. The average Bonchev–Trinajstić information content (AvgIpc) is 2.70. The van der Waals surface area contributed by atoms with Gasteiger partial charge in [0.2, 0.25) is 0 Å². The van der Waals surface area contributed by atoms with E-state index in [0.717, 1.165) is 29.0 Å². The molecule has 3 rings (SSSR count). The average molecular weight is 352 g/mol. The molecule has 0 bridgehead atoms. The van der Waals surface area contributed by atoms with Crippen LogP contribution in [-0.2, 0) is 11.3 Å². The Morgan fingerprint density at radius 2 is 2.04 bits per heavy atom. The molecule has 1 aliphatic heterocycles. The number of amides is 1. The van der Waals surface area contributed by atoms with Gasteiger partial charge in [-0.05, 0) is 42.8 Å². The van der Waals surface area contributed by atoms with E-state index in [1.807, 2.05) is 59.5 Å². The maximum atomic E-state index is 13.1. The largest absolute Gasteiger partial charge is 0.497 e. The van der Waals surface area contributed by atoms with Crippen LogP contribution < -0.4 is 15.2 Å². The van der Waals surface area contributed by atoms with E-state index in [1.165, 1.54) is 0 Å². The van der Waals surface area contributed by atoms with Gasteiger partial charge in [0, 0.05) is 18.7 Å². The van der Waals surface area contributed by atoms with Crippen LogP contribution in [0.15, 0.2) is 54.1 Å². The van der Waals surface area contributed by atoms with Crippen LogP contribution in [0.3, 0.4) is 0 Å². The zero-order valence-electron chi connectivity index (χ0n) is 15.0. The van der Waals surface area contributed by atoms with Crippen molar-refractivity contribution in [3.05, 3.63) is 65.2 Å². The van der Waals surface area contributed by atoms with E-state index in [0.29, 0.717) is 25.2 Å². The second-order valence-corrected chi connectivity index (χ2v) is 6.22. The van der Waals surface area contributed by atoms with Gasteiger partial charge in [0.15, 0.2) is 0 Å². The third-order valence-electron chi connectivity index (χ3n) is 4.34. The molecule has 0 radical (unpaired) electrons. The minimum Gasteiger partial charge on any atom is -0.497 e. The zero-order chi connectivity index (χ0) is 18.4. The first-order valence-corrected chi connectivity index (χ1v) is 8.76. The third-order valence-corrected chi connectivity index (χ3v) is 4.34. The zero-order valence-corrected chi connectivity index (χ0v) is 15.0. The summed E-state index contributed by atoms with van der Waals surface area (Å²) in [5, 5.41) is 0. The summed E-state index contributed by atoms with van der Waals surface area (Å²) in [6.45, 7) is 1.99. The van der Waals surface area contributed by atoms with Crippen molar-refractivity contribution in [2.45, 2.75) is 13.0 Å². The Labute approximate surface area is 154 Å². The number of hydrogen-bond donors (Lipinski definition) is 1. The Hall–Kier alpha value is -2.79. The summed E-state index contributed by atoms with van der Waals surface area (Å²) in [7, 11) is 1.62. The quantitative estimate of drug-likeness (QED) is 0.832. The molecule has 1 amide bonds. The molecular weight excluding hydrogens is 328 g/mol. The molecule has 0 unspecified atom stereocenters. The number of carbonyl (C=O) groups excluding carboxylic acids is 1. The van der Waals surface area contributed by atoms with Gasteiger partial charge in [-0.15, -0.1) is 0 Å². The molecule has 2 N–H and O–H groups in total. The first-order valence-electron chi connectivity index (χ1n) is 8.76. The van der Waals surface area contributed by atoms with Crippen LogP contribution >= 0.6 is 0 Å². The fourth-order valence-electron chi connectivity index (χ4n) is 2.95. The summed E-state index contributed by atoms with van der Waals surface area (Å²) < 4.78 is 11.0. The number of ether oxygens (including phenoxy) is 2. The van der Waals surface area contributed by atoms with Crippen LogP contribution in [-0.4, -0.2) is 37.6 Å². The number of nitrogens with two attached hydrogens (primary N) is 1. The van der Waals surface area contributed by atoms with E-state index in [1.54, 1.807) is 7.11 Å². The van der Waals surface area contributed by atoms with Crippen LogP contribution in [0.1, 0.15) is 17.5 Å². The molecule has 5 nitrogen and oxygen atoms in total. The Morgan fingerprint density at radius 3 is 2.77 bits per heavy atom. The van der Waals surface area contributed by atoms with Crippen LogP contribution in [0.2, 0.25) is 0 Å². The van der Waals surface area contributed by atoms with E-state index in [-0.39, 0.29) is 12.5 Å². The molecule has 0 aliphatic carbocycles. The number of fused-ring (bicyclic) bond motifs is 1. The number of hydrogen-bond acceptors (Lipinski definition) is 4. The summed E-state index contributed by atoms with van der Waals surface area (Å²) in [5.41, 5.74) is 8.24.